The summed E-state index contributed by atoms with van der Waals surface area (Å²) < 4.78 is 4.56. The molecule has 0 saturated heterocycles. The van der Waals surface area contributed by atoms with E-state index in [2.05, 4.69) is 16.1 Å². The van der Waals surface area contributed by atoms with Crippen LogP contribution < -0.4 is 5.32 Å². The van der Waals surface area contributed by atoms with E-state index >= 15 is 0 Å². The van der Waals surface area contributed by atoms with E-state index in [1.807, 2.05) is 32.9 Å². The molecule has 0 fully saturated rings. The van der Waals surface area contributed by atoms with Gasteiger partial charge in [0.2, 0.25) is 0 Å². The van der Waals surface area contributed by atoms with E-state index < -0.39 is 6.09 Å². The van der Waals surface area contributed by atoms with Crippen molar-refractivity contribution in [1.29, 1.82) is 5.26 Å². The maximum absolute atomic E-state index is 11.3. The highest BCUT2D eigenvalue weighted by Crippen LogP contribution is 2.31. The SMILES string of the molecule is COC(=O)Nc1c(C#N)cccc1C(C)(C)C. The molecule has 0 unspecified atom stereocenters. The lowest BCUT2D eigenvalue weighted by Gasteiger charge is -2.23. The largest absolute Gasteiger partial charge is 0.453 e. The number of carbonyl (C=O) groups is 1. The zero-order valence-electron chi connectivity index (χ0n) is 10.5. The fraction of sp³-hybridized carbons (Fsp3) is 0.385. The minimum absolute atomic E-state index is 0.163. The molecular weight excluding hydrogens is 216 g/mol. The molecule has 1 rings (SSSR count). The highest BCUT2D eigenvalue weighted by atomic mass is 16.5. The summed E-state index contributed by atoms with van der Waals surface area (Å²) in [6, 6.07) is 7.44. The Kier molecular flexibility index (Phi) is 3.74. The Hall–Kier alpha value is -2.02. The Bertz CT molecular complexity index is 467. The molecule has 90 valence electrons. The van der Waals surface area contributed by atoms with Gasteiger partial charge in [-0.1, -0.05) is 32.9 Å². The standard InChI is InChI=1S/C13H16N2O2/c1-13(2,3)10-7-5-6-9(8-14)11(10)15-12(16)17-4/h5-7H,1-4H3,(H,15,16). The van der Waals surface area contributed by atoms with Crippen molar-refractivity contribution < 1.29 is 9.53 Å². The average Bonchev–Trinajstić information content (AvgIpc) is 2.27. The van der Waals surface area contributed by atoms with Gasteiger partial charge in [-0.2, -0.15) is 5.26 Å². The molecule has 0 radical (unpaired) electrons. The molecule has 1 aromatic rings. The van der Waals surface area contributed by atoms with Crippen LogP contribution >= 0.6 is 0 Å². The van der Waals surface area contributed by atoms with Crippen LogP contribution in [0, 0.1) is 11.3 Å². The molecule has 4 nitrogen and oxygen atoms in total. The predicted octanol–water partition coefficient (Wildman–Crippen LogP) is 3.03. The third kappa shape index (κ3) is 2.97. The van der Waals surface area contributed by atoms with Gasteiger partial charge in [0.05, 0.1) is 18.4 Å². The quantitative estimate of drug-likeness (QED) is 0.809. The Balaban J connectivity index is 3.32. The van der Waals surface area contributed by atoms with Crippen LogP contribution in [-0.4, -0.2) is 13.2 Å². The fourth-order valence-corrected chi connectivity index (χ4v) is 1.56. The summed E-state index contributed by atoms with van der Waals surface area (Å²) in [5.41, 5.74) is 1.70. The summed E-state index contributed by atoms with van der Waals surface area (Å²) in [4.78, 5) is 11.3. The summed E-state index contributed by atoms with van der Waals surface area (Å²) in [7, 11) is 1.29. The third-order valence-electron chi connectivity index (χ3n) is 2.41. The van der Waals surface area contributed by atoms with Crippen LogP contribution in [0.3, 0.4) is 0 Å². The van der Waals surface area contributed by atoms with Gasteiger partial charge in [0.25, 0.3) is 0 Å². The molecular formula is C13H16N2O2. The third-order valence-corrected chi connectivity index (χ3v) is 2.41. The molecule has 0 bridgehead atoms. The van der Waals surface area contributed by atoms with Crippen molar-refractivity contribution in [2.24, 2.45) is 0 Å². The van der Waals surface area contributed by atoms with Crippen molar-refractivity contribution in [2.45, 2.75) is 26.2 Å². The molecule has 0 heterocycles. The van der Waals surface area contributed by atoms with Crippen molar-refractivity contribution in [2.75, 3.05) is 12.4 Å². The summed E-state index contributed by atoms with van der Waals surface area (Å²) in [5, 5.41) is 11.7. The molecule has 1 N–H and O–H groups in total. The molecule has 0 aliphatic rings. The highest BCUT2D eigenvalue weighted by molar-refractivity contribution is 5.88. The smallest absolute Gasteiger partial charge is 0.411 e. The monoisotopic (exact) mass is 232 g/mol. The summed E-state index contributed by atoms with van der Waals surface area (Å²) in [6.45, 7) is 6.06. The maximum Gasteiger partial charge on any atom is 0.411 e. The van der Waals surface area contributed by atoms with Gasteiger partial charge in [0, 0.05) is 0 Å². The number of benzene rings is 1. The van der Waals surface area contributed by atoms with Crippen LogP contribution in [-0.2, 0) is 10.2 Å². The second-order valence-electron chi connectivity index (χ2n) is 4.71. The van der Waals surface area contributed by atoms with Crippen LogP contribution in [0.4, 0.5) is 10.5 Å². The zero-order chi connectivity index (χ0) is 13.1. The number of para-hydroxylation sites is 1. The first-order valence-corrected chi connectivity index (χ1v) is 5.28. The van der Waals surface area contributed by atoms with Gasteiger partial charge in [-0.3, -0.25) is 5.32 Å². The average molecular weight is 232 g/mol. The number of rotatable bonds is 1. The van der Waals surface area contributed by atoms with Crippen LogP contribution in [0.2, 0.25) is 0 Å². The topological polar surface area (TPSA) is 62.1 Å². The summed E-state index contributed by atoms with van der Waals surface area (Å²) in [6.07, 6.45) is -0.571. The molecule has 0 aromatic heterocycles. The normalized spacial score (nSPS) is 10.5. The van der Waals surface area contributed by atoms with Gasteiger partial charge in [-0.25, -0.2) is 4.79 Å². The van der Waals surface area contributed by atoms with Crippen molar-refractivity contribution in [3.63, 3.8) is 0 Å². The lowest BCUT2D eigenvalue weighted by molar-refractivity contribution is 0.187. The fourth-order valence-electron chi connectivity index (χ4n) is 1.56. The second-order valence-corrected chi connectivity index (χ2v) is 4.71. The number of anilines is 1. The molecule has 4 heteroatoms. The molecule has 0 aliphatic heterocycles. The number of amides is 1. The minimum atomic E-state index is -0.571. The van der Waals surface area contributed by atoms with Gasteiger partial charge in [0.1, 0.15) is 6.07 Å². The first-order chi connectivity index (χ1) is 7.90. The lowest BCUT2D eigenvalue weighted by Crippen LogP contribution is -2.19. The van der Waals surface area contributed by atoms with Crippen molar-refractivity contribution >= 4 is 11.8 Å². The molecule has 17 heavy (non-hydrogen) atoms. The molecule has 0 saturated carbocycles. The number of hydrogen-bond acceptors (Lipinski definition) is 3. The van der Waals surface area contributed by atoms with E-state index in [0.29, 0.717) is 11.3 Å². The van der Waals surface area contributed by atoms with E-state index in [-0.39, 0.29) is 5.41 Å². The first-order valence-electron chi connectivity index (χ1n) is 5.28. The highest BCUT2D eigenvalue weighted by Gasteiger charge is 2.21. The molecule has 0 atom stereocenters. The lowest BCUT2D eigenvalue weighted by atomic mass is 9.84. The van der Waals surface area contributed by atoms with E-state index in [1.165, 1.54) is 7.11 Å². The van der Waals surface area contributed by atoms with Gasteiger partial charge in [-0.15, -0.1) is 0 Å². The number of hydrogen-bond donors (Lipinski definition) is 1. The zero-order valence-corrected chi connectivity index (χ0v) is 10.5. The first kappa shape index (κ1) is 13.0. The minimum Gasteiger partial charge on any atom is -0.453 e. The number of ether oxygens (including phenoxy) is 1. The van der Waals surface area contributed by atoms with Crippen LogP contribution in [0.25, 0.3) is 0 Å². The van der Waals surface area contributed by atoms with E-state index in [4.69, 9.17) is 5.26 Å². The number of nitrogens with zero attached hydrogens (tertiary/aromatic N) is 1. The van der Waals surface area contributed by atoms with Crippen LogP contribution in [0.15, 0.2) is 18.2 Å². The predicted molar refractivity (Wildman–Crippen MR) is 65.9 cm³/mol. The summed E-state index contributed by atoms with van der Waals surface area (Å²) >= 11 is 0. The van der Waals surface area contributed by atoms with Gasteiger partial charge in [0.15, 0.2) is 0 Å². The van der Waals surface area contributed by atoms with Gasteiger partial charge >= 0.3 is 6.09 Å². The molecule has 0 aliphatic carbocycles. The van der Waals surface area contributed by atoms with Crippen molar-refractivity contribution in [1.82, 2.24) is 0 Å². The Morgan fingerprint density at radius 2 is 2.06 bits per heavy atom. The Morgan fingerprint density at radius 3 is 2.53 bits per heavy atom. The second kappa shape index (κ2) is 4.88. The number of methoxy groups -OCH3 is 1. The Morgan fingerprint density at radius 1 is 1.41 bits per heavy atom. The van der Waals surface area contributed by atoms with E-state index in [1.54, 1.807) is 6.07 Å². The summed E-state index contributed by atoms with van der Waals surface area (Å²) in [5.74, 6) is 0. The van der Waals surface area contributed by atoms with Crippen molar-refractivity contribution in [3.05, 3.63) is 29.3 Å². The van der Waals surface area contributed by atoms with Gasteiger partial charge in [-0.05, 0) is 17.0 Å². The number of nitriles is 1. The van der Waals surface area contributed by atoms with Crippen LogP contribution in [0.5, 0.6) is 0 Å². The number of nitrogens with one attached hydrogen (secondary N) is 1. The van der Waals surface area contributed by atoms with Crippen LogP contribution in [0.1, 0.15) is 31.9 Å². The molecule has 1 aromatic carbocycles. The van der Waals surface area contributed by atoms with Crippen molar-refractivity contribution in [3.8, 4) is 6.07 Å². The Labute approximate surface area is 101 Å². The maximum atomic E-state index is 11.3. The van der Waals surface area contributed by atoms with Gasteiger partial charge < -0.3 is 4.74 Å². The number of carbonyl (C=O) groups excluding carboxylic acids is 1. The van der Waals surface area contributed by atoms with E-state index in [9.17, 15) is 4.79 Å². The van der Waals surface area contributed by atoms with E-state index in [0.717, 1.165) is 5.56 Å². The molecule has 0 spiro atoms. The molecule has 1 amide bonds.